The van der Waals surface area contributed by atoms with Crippen LogP contribution in [-0.2, 0) is 11.3 Å². The molecule has 0 bridgehead atoms. The third kappa shape index (κ3) is 2.85. The molecular formula is C19H28N2O2. The van der Waals surface area contributed by atoms with E-state index in [4.69, 9.17) is 4.74 Å². The maximum atomic E-state index is 12.1. The fourth-order valence-corrected chi connectivity index (χ4v) is 4.67. The van der Waals surface area contributed by atoms with E-state index < -0.39 is 0 Å². The third-order valence-electron chi connectivity index (χ3n) is 5.84. The Kier molecular flexibility index (Phi) is 4.62. The summed E-state index contributed by atoms with van der Waals surface area (Å²) < 4.78 is 5.35. The summed E-state index contributed by atoms with van der Waals surface area (Å²) in [6.07, 6.45) is 5.11. The molecule has 4 heteroatoms. The van der Waals surface area contributed by atoms with E-state index in [1.807, 2.05) is 13.1 Å². The number of likely N-dealkylation sites (N-methyl/N-ethyl adjacent to an activating group) is 1. The first-order valence-electron chi connectivity index (χ1n) is 8.74. The maximum Gasteiger partial charge on any atom is 0.222 e. The molecule has 2 aliphatic rings. The summed E-state index contributed by atoms with van der Waals surface area (Å²) in [6.45, 7) is 4.30. The summed E-state index contributed by atoms with van der Waals surface area (Å²) in [4.78, 5) is 16.8. The molecule has 0 aromatic heterocycles. The maximum absolute atomic E-state index is 12.1. The van der Waals surface area contributed by atoms with Crippen molar-refractivity contribution in [3.05, 3.63) is 29.8 Å². The minimum Gasteiger partial charge on any atom is -0.497 e. The van der Waals surface area contributed by atoms with Crippen LogP contribution in [0.25, 0.3) is 0 Å². The molecule has 0 saturated carbocycles. The molecule has 2 saturated heterocycles. The second-order valence-electron chi connectivity index (χ2n) is 6.91. The molecule has 4 nitrogen and oxygen atoms in total. The summed E-state index contributed by atoms with van der Waals surface area (Å²) >= 11 is 0. The van der Waals surface area contributed by atoms with Crippen molar-refractivity contribution in [3.8, 4) is 5.75 Å². The van der Waals surface area contributed by atoms with E-state index >= 15 is 0 Å². The van der Waals surface area contributed by atoms with Gasteiger partial charge in [0.2, 0.25) is 5.91 Å². The molecule has 1 spiro atoms. The Morgan fingerprint density at radius 1 is 1.35 bits per heavy atom. The zero-order valence-corrected chi connectivity index (χ0v) is 14.5. The van der Waals surface area contributed by atoms with Crippen molar-refractivity contribution < 1.29 is 9.53 Å². The van der Waals surface area contributed by atoms with Gasteiger partial charge in [0.25, 0.3) is 0 Å². The van der Waals surface area contributed by atoms with Crippen molar-refractivity contribution in [2.24, 2.45) is 0 Å². The zero-order chi connectivity index (χ0) is 16.4. The summed E-state index contributed by atoms with van der Waals surface area (Å²) in [7, 11) is 3.72. The molecule has 0 aliphatic carbocycles. The van der Waals surface area contributed by atoms with Crippen LogP contribution in [0, 0.1) is 0 Å². The molecule has 2 atom stereocenters. The molecule has 2 heterocycles. The number of methoxy groups -OCH3 is 1. The number of amides is 1. The molecule has 0 N–H and O–H groups in total. The molecule has 1 amide bonds. The van der Waals surface area contributed by atoms with E-state index in [1.54, 1.807) is 7.11 Å². The van der Waals surface area contributed by atoms with Crippen molar-refractivity contribution in [2.75, 3.05) is 20.7 Å². The first-order chi connectivity index (χ1) is 11.1. The van der Waals surface area contributed by atoms with Crippen LogP contribution in [-0.4, -0.2) is 48.0 Å². The topological polar surface area (TPSA) is 32.8 Å². The van der Waals surface area contributed by atoms with Crippen molar-refractivity contribution in [1.82, 2.24) is 9.80 Å². The van der Waals surface area contributed by atoms with Crippen molar-refractivity contribution in [2.45, 2.75) is 57.2 Å². The van der Waals surface area contributed by atoms with Crippen molar-refractivity contribution >= 4 is 5.91 Å². The number of benzene rings is 1. The first kappa shape index (κ1) is 16.3. The normalized spacial score (nSPS) is 28.6. The Morgan fingerprint density at radius 2 is 2.17 bits per heavy atom. The SMILES string of the molecule is CC[C@H]1N(Cc2cccc(OC)c2)CCC[C@]12CCC(=O)N2C. The Balaban J connectivity index is 1.82. The summed E-state index contributed by atoms with van der Waals surface area (Å²) in [6, 6.07) is 8.78. The van der Waals surface area contributed by atoms with Gasteiger partial charge in [-0.25, -0.2) is 0 Å². The van der Waals surface area contributed by atoms with Crippen molar-refractivity contribution in [1.29, 1.82) is 0 Å². The van der Waals surface area contributed by atoms with Gasteiger partial charge in [0, 0.05) is 26.1 Å². The molecule has 1 aromatic rings. The van der Waals surface area contributed by atoms with Gasteiger partial charge in [-0.1, -0.05) is 19.1 Å². The molecule has 23 heavy (non-hydrogen) atoms. The van der Waals surface area contributed by atoms with Crippen LogP contribution >= 0.6 is 0 Å². The van der Waals surface area contributed by atoms with Gasteiger partial charge in [0.15, 0.2) is 0 Å². The van der Waals surface area contributed by atoms with Crippen LogP contribution in [0.2, 0.25) is 0 Å². The lowest BCUT2D eigenvalue weighted by Crippen LogP contribution is -2.61. The van der Waals surface area contributed by atoms with Crippen LogP contribution in [0.1, 0.15) is 44.6 Å². The largest absolute Gasteiger partial charge is 0.497 e. The summed E-state index contributed by atoms with van der Waals surface area (Å²) in [5, 5.41) is 0. The number of hydrogen-bond donors (Lipinski definition) is 0. The monoisotopic (exact) mass is 316 g/mol. The van der Waals surface area contributed by atoms with E-state index in [1.165, 1.54) is 5.56 Å². The van der Waals surface area contributed by atoms with Crippen LogP contribution < -0.4 is 4.74 Å². The number of piperidine rings is 1. The zero-order valence-electron chi connectivity index (χ0n) is 14.5. The van der Waals surface area contributed by atoms with Gasteiger partial charge < -0.3 is 9.64 Å². The summed E-state index contributed by atoms with van der Waals surface area (Å²) in [5.41, 5.74) is 1.33. The average molecular weight is 316 g/mol. The molecule has 2 fully saturated rings. The second kappa shape index (κ2) is 6.52. The average Bonchev–Trinajstić information content (AvgIpc) is 2.85. The number of hydrogen-bond acceptors (Lipinski definition) is 3. The molecule has 2 aliphatic heterocycles. The number of carbonyl (C=O) groups excluding carboxylic acids is 1. The molecule has 1 aromatic carbocycles. The van der Waals surface area contributed by atoms with Gasteiger partial charge in [0.1, 0.15) is 5.75 Å². The lowest BCUT2D eigenvalue weighted by Gasteiger charge is -2.51. The second-order valence-corrected chi connectivity index (χ2v) is 6.91. The number of rotatable bonds is 4. The van der Waals surface area contributed by atoms with Gasteiger partial charge >= 0.3 is 0 Å². The standard InChI is InChI=1S/C19H28N2O2/c1-4-17-19(11-9-18(22)20(19)2)10-6-12-21(17)14-15-7-5-8-16(13-15)23-3/h5,7-8,13,17H,4,6,9-12,14H2,1-3H3/t17-,19+/m1/s1. The van der Waals surface area contributed by atoms with Gasteiger partial charge in [-0.15, -0.1) is 0 Å². The fourth-order valence-electron chi connectivity index (χ4n) is 4.67. The number of likely N-dealkylation sites (tertiary alicyclic amines) is 2. The van der Waals surface area contributed by atoms with Gasteiger partial charge in [0.05, 0.1) is 12.6 Å². The third-order valence-corrected chi connectivity index (χ3v) is 5.84. The molecule has 126 valence electrons. The lowest BCUT2D eigenvalue weighted by molar-refractivity contribution is -0.133. The lowest BCUT2D eigenvalue weighted by atomic mass is 9.77. The van der Waals surface area contributed by atoms with E-state index in [0.717, 1.165) is 44.5 Å². The minimum absolute atomic E-state index is 0.0446. The van der Waals surface area contributed by atoms with Crippen LogP contribution in [0.15, 0.2) is 24.3 Å². The van der Waals surface area contributed by atoms with E-state index in [0.29, 0.717) is 18.4 Å². The Hall–Kier alpha value is -1.55. The Labute approximate surface area is 139 Å². The van der Waals surface area contributed by atoms with Crippen molar-refractivity contribution in [3.63, 3.8) is 0 Å². The minimum atomic E-state index is 0.0446. The molecule has 3 rings (SSSR count). The van der Waals surface area contributed by atoms with Gasteiger partial charge in [-0.05, 0) is 49.9 Å². The number of ether oxygens (including phenoxy) is 1. The Morgan fingerprint density at radius 3 is 2.83 bits per heavy atom. The van der Waals surface area contributed by atoms with Crippen LogP contribution in [0.4, 0.5) is 0 Å². The highest BCUT2D eigenvalue weighted by molar-refractivity contribution is 5.79. The van der Waals surface area contributed by atoms with E-state index in [-0.39, 0.29) is 5.54 Å². The number of nitrogens with zero attached hydrogens (tertiary/aromatic N) is 2. The van der Waals surface area contributed by atoms with Crippen LogP contribution in [0.5, 0.6) is 5.75 Å². The van der Waals surface area contributed by atoms with Gasteiger partial charge in [-0.2, -0.15) is 0 Å². The molecule has 0 unspecified atom stereocenters. The number of carbonyl (C=O) groups is 1. The first-order valence-corrected chi connectivity index (χ1v) is 8.74. The molecular weight excluding hydrogens is 288 g/mol. The highest BCUT2D eigenvalue weighted by Crippen LogP contribution is 2.42. The van der Waals surface area contributed by atoms with Crippen LogP contribution in [0.3, 0.4) is 0 Å². The highest BCUT2D eigenvalue weighted by Gasteiger charge is 2.51. The predicted molar refractivity (Wildman–Crippen MR) is 91.5 cm³/mol. The van der Waals surface area contributed by atoms with E-state index in [9.17, 15) is 4.79 Å². The highest BCUT2D eigenvalue weighted by atomic mass is 16.5. The smallest absolute Gasteiger partial charge is 0.222 e. The quantitative estimate of drug-likeness (QED) is 0.856. The Bertz CT molecular complexity index is 574. The summed E-state index contributed by atoms with van der Waals surface area (Å²) in [5.74, 6) is 1.22. The fraction of sp³-hybridized carbons (Fsp3) is 0.632. The van der Waals surface area contributed by atoms with E-state index in [2.05, 4.69) is 34.9 Å². The molecule has 0 radical (unpaired) electrons. The predicted octanol–water partition coefficient (Wildman–Crippen LogP) is 3.06. The van der Waals surface area contributed by atoms with Gasteiger partial charge in [-0.3, -0.25) is 9.69 Å².